The van der Waals surface area contributed by atoms with Gasteiger partial charge in [0, 0.05) is 37.1 Å². The van der Waals surface area contributed by atoms with Crippen LogP contribution in [0.1, 0.15) is 28.2 Å². The van der Waals surface area contributed by atoms with Gasteiger partial charge in [0.15, 0.2) is 11.5 Å². The smallest absolute Gasteiger partial charge is 0.273 e. The number of ether oxygens (including phenoxy) is 1. The highest BCUT2D eigenvalue weighted by Gasteiger charge is 2.24. The summed E-state index contributed by atoms with van der Waals surface area (Å²) in [6.45, 7) is 5.96. The number of aryl methyl sites for hydroxylation is 3. The Kier molecular flexibility index (Phi) is 8.11. The molecule has 0 radical (unpaired) electrons. The Morgan fingerprint density at radius 3 is 2.70 bits per heavy atom. The molecule has 5 rings (SSSR count). The molecule has 13 heteroatoms. The lowest BCUT2D eigenvalue weighted by Gasteiger charge is -2.17. The van der Waals surface area contributed by atoms with Crippen molar-refractivity contribution in [2.75, 3.05) is 44.4 Å². The summed E-state index contributed by atoms with van der Waals surface area (Å²) >= 11 is 0. The van der Waals surface area contributed by atoms with Crippen molar-refractivity contribution in [2.45, 2.75) is 25.9 Å². The van der Waals surface area contributed by atoms with Crippen LogP contribution in [0.5, 0.6) is 11.6 Å². The molecule has 2 amide bonds. The van der Waals surface area contributed by atoms with Gasteiger partial charge in [-0.15, -0.1) is 5.10 Å². The van der Waals surface area contributed by atoms with Crippen LogP contribution in [0.3, 0.4) is 0 Å². The van der Waals surface area contributed by atoms with E-state index in [-0.39, 0.29) is 11.8 Å². The lowest BCUT2D eigenvalue weighted by atomic mass is 10.2. The number of anilines is 2. The fourth-order valence-corrected chi connectivity index (χ4v) is 6.07. The van der Waals surface area contributed by atoms with E-state index < -0.39 is 0 Å². The summed E-state index contributed by atoms with van der Waals surface area (Å²) in [6.07, 6.45) is 2.78. The van der Waals surface area contributed by atoms with E-state index in [0.717, 1.165) is 39.5 Å². The Balaban J connectivity index is 1.21. The van der Waals surface area contributed by atoms with Crippen LogP contribution < -0.4 is 15.4 Å². The first-order valence-electron chi connectivity index (χ1n) is 13.1. The summed E-state index contributed by atoms with van der Waals surface area (Å²) in [5, 5.41) is 14.5. The van der Waals surface area contributed by atoms with Crippen molar-refractivity contribution < 1.29 is 14.3 Å². The largest absolute Gasteiger partial charge is 0.438 e. The monoisotopic (exact) mass is 563 g/mol. The minimum Gasteiger partial charge on any atom is -0.438 e. The third-order valence-corrected chi connectivity index (χ3v) is 7.91. The molecule has 4 aromatic rings. The van der Waals surface area contributed by atoms with Gasteiger partial charge in [-0.1, -0.05) is 6.07 Å². The summed E-state index contributed by atoms with van der Waals surface area (Å²) in [7, 11) is 6.68. The molecule has 1 aliphatic heterocycles. The van der Waals surface area contributed by atoms with Crippen molar-refractivity contribution in [3.8, 4) is 11.6 Å². The summed E-state index contributed by atoms with van der Waals surface area (Å²) < 4.78 is 11.3. The molecule has 40 heavy (non-hydrogen) atoms. The van der Waals surface area contributed by atoms with Crippen molar-refractivity contribution >= 4 is 37.7 Å². The number of aromatic nitrogens is 5. The molecule has 4 heterocycles. The molecule has 3 aromatic heterocycles. The molecule has 2 atom stereocenters. The first kappa shape index (κ1) is 27.7. The highest BCUT2D eigenvalue weighted by atomic mass is 31.1. The lowest BCUT2D eigenvalue weighted by Crippen LogP contribution is -2.32. The highest BCUT2D eigenvalue weighted by Crippen LogP contribution is 2.29. The molecule has 1 aliphatic rings. The average molecular weight is 564 g/mol. The highest BCUT2D eigenvalue weighted by molar-refractivity contribution is 7.36. The average Bonchev–Trinajstić information content (AvgIpc) is 3.58. The number of amides is 2. The third-order valence-electron chi connectivity index (χ3n) is 6.56. The summed E-state index contributed by atoms with van der Waals surface area (Å²) in [5.74, 6) is 0.947. The van der Waals surface area contributed by atoms with Crippen LogP contribution in [0, 0.1) is 13.8 Å². The third kappa shape index (κ3) is 6.64. The lowest BCUT2D eigenvalue weighted by molar-refractivity contribution is -0.117. The second-order valence-electron chi connectivity index (χ2n) is 10.2. The van der Waals surface area contributed by atoms with Gasteiger partial charge < -0.3 is 15.4 Å². The van der Waals surface area contributed by atoms with Crippen LogP contribution in [0.2, 0.25) is 0 Å². The topological polar surface area (TPSA) is 122 Å². The fourth-order valence-electron chi connectivity index (χ4n) is 4.74. The maximum atomic E-state index is 12.8. The van der Waals surface area contributed by atoms with Gasteiger partial charge in [-0.2, -0.15) is 5.10 Å². The van der Waals surface area contributed by atoms with E-state index >= 15 is 0 Å². The number of fused-ring (bicyclic) bond motifs is 1. The maximum absolute atomic E-state index is 12.8. The Bertz CT molecular complexity index is 1550. The standard InChI is InChI=1S/C27H34N9O3P/c1-17-6-7-19(13-21(17)28-27(38)22-12-18(2)31-34(22)5)39-26-9-8-24-29-23(15-36(24)32-26)30-25(37)16-35-11-10-20(14-35)40-33(3)4/h6-9,12-13,15,20,40H,10-11,14,16H2,1-5H3,(H,28,38)(H,30,37). The van der Waals surface area contributed by atoms with E-state index in [1.54, 1.807) is 46.7 Å². The predicted octanol–water partition coefficient (Wildman–Crippen LogP) is 3.29. The van der Waals surface area contributed by atoms with Crippen molar-refractivity contribution in [3.05, 3.63) is 59.5 Å². The molecule has 0 aliphatic carbocycles. The van der Waals surface area contributed by atoms with Gasteiger partial charge in [0.05, 0.1) is 18.4 Å². The Morgan fingerprint density at radius 1 is 1.12 bits per heavy atom. The van der Waals surface area contributed by atoms with E-state index in [1.165, 1.54) is 0 Å². The van der Waals surface area contributed by atoms with E-state index in [1.807, 2.05) is 26.0 Å². The zero-order valence-electron chi connectivity index (χ0n) is 23.3. The molecule has 2 N–H and O–H groups in total. The molecule has 210 valence electrons. The summed E-state index contributed by atoms with van der Waals surface area (Å²) in [6, 6.07) is 10.6. The molecule has 0 spiro atoms. The summed E-state index contributed by atoms with van der Waals surface area (Å²) in [5.41, 5.74) is 3.95. The zero-order chi connectivity index (χ0) is 28.4. The number of hydrogen-bond donors (Lipinski definition) is 2. The number of hydrogen-bond acceptors (Lipinski definition) is 8. The number of imidazole rings is 1. The van der Waals surface area contributed by atoms with Crippen LogP contribution >= 0.6 is 8.73 Å². The number of likely N-dealkylation sites (tertiary alicyclic amines) is 1. The van der Waals surface area contributed by atoms with Gasteiger partial charge in [0.1, 0.15) is 11.4 Å². The van der Waals surface area contributed by atoms with Gasteiger partial charge in [-0.05, 0) is 73.4 Å². The number of benzene rings is 1. The van der Waals surface area contributed by atoms with Gasteiger partial charge >= 0.3 is 0 Å². The normalized spacial score (nSPS) is 15.9. The van der Waals surface area contributed by atoms with Gasteiger partial charge in [0.2, 0.25) is 11.8 Å². The minimum absolute atomic E-state index is 0.0933. The molecule has 12 nitrogen and oxygen atoms in total. The molecule has 0 saturated carbocycles. The van der Waals surface area contributed by atoms with E-state index in [0.29, 0.717) is 46.7 Å². The first-order chi connectivity index (χ1) is 19.1. The molecule has 1 fully saturated rings. The van der Waals surface area contributed by atoms with Crippen LogP contribution in [0.15, 0.2) is 42.6 Å². The number of rotatable bonds is 9. The Hall–Kier alpha value is -3.86. The molecule has 2 unspecified atom stereocenters. The molecule has 1 aromatic carbocycles. The van der Waals surface area contributed by atoms with Crippen LogP contribution in [0.4, 0.5) is 11.5 Å². The van der Waals surface area contributed by atoms with Crippen molar-refractivity contribution in [1.29, 1.82) is 0 Å². The van der Waals surface area contributed by atoms with Gasteiger partial charge in [-0.25, -0.2) is 9.50 Å². The van der Waals surface area contributed by atoms with Gasteiger partial charge in [0.25, 0.3) is 5.91 Å². The quantitative estimate of drug-likeness (QED) is 0.298. The second kappa shape index (κ2) is 11.7. The fraction of sp³-hybridized carbons (Fsp3) is 0.370. The van der Waals surface area contributed by atoms with E-state index in [9.17, 15) is 9.59 Å². The second-order valence-corrected chi connectivity index (χ2v) is 12.2. The molecular weight excluding hydrogens is 529 g/mol. The maximum Gasteiger partial charge on any atom is 0.273 e. The van der Waals surface area contributed by atoms with Crippen LogP contribution in [0.25, 0.3) is 5.65 Å². The molecule has 0 bridgehead atoms. The predicted molar refractivity (Wildman–Crippen MR) is 156 cm³/mol. The minimum atomic E-state index is -0.255. The van der Waals surface area contributed by atoms with Crippen molar-refractivity contribution in [1.82, 2.24) is 33.9 Å². The van der Waals surface area contributed by atoms with Crippen LogP contribution in [-0.2, 0) is 11.8 Å². The van der Waals surface area contributed by atoms with E-state index in [2.05, 4.69) is 49.5 Å². The van der Waals surface area contributed by atoms with Crippen LogP contribution in [-0.4, -0.2) is 85.2 Å². The SMILES string of the molecule is Cc1cc(C(=O)Nc2cc(Oc3ccc4nc(NC(=O)CN5CCC(PN(C)C)C5)cn4n3)ccc2C)n(C)n1. The van der Waals surface area contributed by atoms with E-state index in [4.69, 9.17) is 4.74 Å². The number of carbonyl (C=O) groups is 2. The molecular formula is C27H34N9O3P. The Labute approximate surface area is 234 Å². The molecule has 1 saturated heterocycles. The number of nitrogens with zero attached hydrogens (tertiary/aromatic N) is 7. The van der Waals surface area contributed by atoms with Gasteiger partial charge in [-0.3, -0.25) is 23.8 Å². The number of nitrogens with one attached hydrogen (secondary N) is 2. The zero-order valence-corrected chi connectivity index (χ0v) is 24.3. The van der Waals surface area contributed by atoms with Crippen molar-refractivity contribution in [3.63, 3.8) is 0 Å². The van der Waals surface area contributed by atoms with Crippen molar-refractivity contribution in [2.24, 2.45) is 7.05 Å². The first-order valence-corrected chi connectivity index (χ1v) is 14.1. The Morgan fingerprint density at radius 2 is 1.95 bits per heavy atom. The number of carbonyl (C=O) groups excluding carboxylic acids is 2. The summed E-state index contributed by atoms with van der Waals surface area (Å²) in [4.78, 5) is 32.1.